The lowest BCUT2D eigenvalue weighted by Gasteiger charge is -2.20. The van der Waals surface area contributed by atoms with E-state index in [0.717, 1.165) is 10.4 Å². The van der Waals surface area contributed by atoms with Gasteiger partial charge in [-0.2, -0.15) is 5.10 Å². The highest BCUT2D eigenvalue weighted by atomic mass is 32.1. The summed E-state index contributed by atoms with van der Waals surface area (Å²) in [7, 11) is 0. The zero-order valence-electron chi connectivity index (χ0n) is 17.8. The summed E-state index contributed by atoms with van der Waals surface area (Å²) in [5.41, 5.74) is 2.02. The molecule has 8 nitrogen and oxygen atoms in total. The SMILES string of the molecule is O=C(Cn1cnc2cc(-c3ccccc3)sc2c1=O)N1N=C(c2ccco2)CC1c1ccco1. The first-order chi connectivity index (χ1) is 16.7. The van der Waals surface area contributed by atoms with E-state index in [1.165, 1.54) is 27.2 Å². The average Bonchev–Trinajstić information content (AvgIpc) is 3.67. The summed E-state index contributed by atoms with van der Waals surface area (Å²) in [6.45, 7) is -0.188. The minimum Gasteiger partial charge on any atom is -0.467 e. The normalized spacial score (nSPS) is 15.7. The van der Waals surface area contributed by atoms with Crippen molar-refractivity contribution in [3.8, 4) is 10.4 Å². The zero-order chi connectivity index (χ0) is 23.1. The molecular formula is C25H18N4O4S. The van der Waals surface area contributed by atoms with Crippen molar-refractivity contribution in [2.45, 2.75) is 19.0 Å². The number of hydrogen-bond acceptors (Lipinski definition) is 7. The molecule has 34 heavy (non-hydrogen) atoms. The van der Waals surface area contributed by atoms with Gasteiger partial charge in [-0.3, -0.25) is 14.2 Å². The Hall–Kier alpha value is -4.24. The first kappa shape index (κ1) is 20.4. The van der Waals surface area contributed by atoms with Crippen LogP contribution in [0.2, 0.25) is 0 Å². The topological polar surface area (TPSA) is 93.8 Å². The van der Waals surface area contributed by atoms with E-state index >= 15 is 0 Å². The summed E-state index contributed by atoms with van der Waals surface area (Å²) < 4.78 is 12.9. The Balaban J connectivity index is 1.32. The van der Waals surface area contributed by atoms with Crippen molar-refractivity contribution < 1.29 is 13.6 Å². The lowest BCUT2D eigenvalue weighted by Crippen LogP contribution is -2.33. The highest BCUT2D eigenvalue weighted by Crippen LogP contribution is 2.34. The number of thiophene rings is 1. The van der Waals surface area contributed by atoms with Gasteiger partial charge in [-0.1, -0.05) is 30.3 Å². The number of fused-ring (bicyclic) bond motifs is 1. The molecule has 0 N–H and O–H groups in total. The van der Waals surface area contributed by atoms with Gasteiger partial charge >= 0.3 is 0 Å². The van der Waals surface area contributed by atoms with E-state index in [-0.39, 0.29) is 18.0 Å². The molecule has 1 aliphatic heterocycles. The quantitative estimate of drug-likeness (QED) is 0.372. The second-order valence-corrected chi connectivity index (χ2v) is 8.92. The summed E-state index contributed by atoms with van der Waals surface area (Å²) in [5.74, 6) is 0.871. The first-order valence-corrected chi connectivity index (χ1v) is 11.5. The number of aromatic nitrogens is 2. The van der Waals surface area contributed by atoms with Crippen LogP contribution < -0.4 is 5.56 Å². The molecule has 0 fully saturated rings. The predicted octanol–water partition coefficient (Wildman–Crippen LogP) is 4.69. The minimum atomic E-state index is -0.415. The van der Waals surface area contributed by atoms with Gasteiger partial charge in [0, 0.05) is 11.3 Å². The average molecular weight is 471 g/mol. The van der Waals surface area contributed by atoms with Crippen molar-refractivity contribution in [2.24, 2.45) is 5.10 Å². The van der Waals surface area contributed by atoms with Gasteiger partial charge in [0.05, 0.1) is 24.4 Å². The second kappa shape index (κ2) is 8.27. The second-order valence-electron chi connectivity index (χ2n) is 7.87. The van der Waals surface area contributed by atoms with E-state index in [4.69, 9.17) is 8.83 Å². The fourth-order valence-electron chi connectivity index (χ4n) is 4.06. The van der Waals surface area contributed by atoms with Gasteiger partial charge in [0.1, 0.15) is 34.5 Å². The van der Waals surface area contributed by atoms with Gasteiger partial charge in [-0.15, -0.1) is 11.3 Å². The molecule has 168 valence electrons. The Morgan fingerprint density at radius 2 is 1.88 bits per heavy atom. The van der Waals surface area contributed by atoms with Crippen LogP contribution in [0.1, 0.15) is 24.0 Å². The number of carbonyl (C=O) groups is 1. The third-order valence-electron chi connectivity index (χ3n) is 5.71. The van der Waals surface area contributed by atoms with Gasteiger partial charge < -0.3 is 8.83 Å². The van der Waals surface area contributed by atoms with Crippen LogP contribution in [0, 0.1) is 0 Å². The molecule has 1 unspecified atom stereocenters. The molecule has 1 aromatic carbocycles. The van der Waals surface area contributed by atoms with Crippen LogP contribution in [0.4, 0.5) is 0 Å². The van der Waals surface area contributed by atoms with Gasteiger partial charge in [0.2, 0.25) is 0 Å². The van der Waals surface area contributed by atoms with Gasteiger partial charge in [0.15, 0.2) is 0 Å². The van der Waals surface area contributed by atoms with Gasteiger partial charge in [-0.25, -0.2) is 9.99 Å². The van der Waals surface area contributed by atoms with E-state index < -0.39 is 6.04 Å². The molecule has 1 aliphatic rings. The molecule has 9 heteroatoms. The van der Waals surface area contributed by atoms with Crippen molar-refractivity contribution >= 4 is 33.2 Å². The van der Waals surface area contributed by atoms with E-state index in [1.807, 2.05) is 42.5 Å². The molecule has 0 spiro atoms. The van der Waals surface area contributed by atoms with Crippen LogP contribution in [0.5, 0.6) is 0 Å². The lowest BCUT2D eigenvalue weighted by atomic mass is 10.1. The Kier molecular flexibility index (Phi) is 4.96. The third-order valence-corrected chi connectivity index (χ3v) is 6.87. The van der Waals surface area contributed by atoms with Crippen LogP contribution in [-0.2, 0) is 11.3 Å². The molecule has 5 aromatic rings. The number of furan rings is 2. The van der Waals surface area contributed by atoms with Crippen LogP contribution in [0.15, 0.2) is 98.2 Å². The van der Waals surface area contributed by atoms with Crippen molar-refractivity contribution in [3.05, 3.63) is 101 Å². The highest BCUT2D eigenvalue weighted by Gasteiger charge is 2.35. The smallest absolute Gasteiger partial charge is 0.271 e. The van der Waals surface area contributed by atoms with Crippen molar-refractivity contribution in [1.82, 2.24) is 14.6 Å². The minimum absolute atomic E-state index is 0.188. The standard InChI is InChI=1S/C25H18N4O4S/c30-23(29-19(21-9-5-11-33-21)12-17(27-29)20-8-4-10-32-20)14-28-15-26-18-13-22(34-24(18)25(28)31)16-6-2-1-3-7-16/h1-11,13,15,19H,12,14H2. The maximum absolute atomic E-state index is 13.3. The molecule has 0 radical (unpaired) electrons. The molecule has 5 heterocycles. The van der Waals surface area contributed by atoms with Gasteiger partial charge in [0.25, 0.3) is 11.5 Å². The Morgan fingerprint density at radius 3 is 2.65 bits per heavy atom. The molecule has 1 amide bonds. The summed E-state index contributed by atoms with van der Waals surface area (Å²) in [5, 5.41) is 5.89. The fraction of sp³-hybridized carbons (Fsp3) is 0.120. The fourth-order valence-corrected chi connectivity index (χ4v) is 5.12. The number of amides is 1. The maximum atomic E-state index is 13.3. The van der Waals surface area contributed by atoms with E-state index in [2.05, 4.69) is 10.1 Å². The third kappa shape index (κ3) is 3.56. The van der Waals surface area contributed by atoms with Crippen LogP contribution >= 0.6 is 11.3 Å². The maximum Gasteiger partial charge on any atom is 0.271 e. The van der Waals surface area contributed by atoms with Crippen molar-refractivity contribution in [3.63, 3.8) is 0 Å². The number of rotatable bonds is 5. The molecule has 0 aliphatic carbocycles. The highest BCUT2D eigenvalue weighted by molar-refractivity contribution is 7.22. The number of nitrogens with zero attached hydrogens (tertiary/aromatic N) is 4. The van der Waals surface area contributed by atoms with Crippen LogP contribution in [-0.4, -0.2) is 26.2 Å². The van der Waals surface area contributed by atoms with Gasteiger partial charge in [-0.05, 0) is 35.9 Å². The Labute approximate surface area is 197 Å². The molecule has 4 aromatic heterocycles. The summed E-state index contributed by atoms with van der Waals surface area (Å²) in [6.07, 6.45) is 4.99. The van der Waals surface area contributed by atoms with E-state index in [1.54, 1.807) is 30.7 Å². The number of hydrazone groups is 1. The first-order valence-electron chi connectivity index (χ1n) is 10.7. The summed E-state index contributed by atoms with van der Waals surface area (Å²) in [6, 6.07) is 18.5. The largest absolute Gasteiger partial charge is 0.467 e. The van der Waals surface area contributed by atoms with Crippen LogP contribution in [0.3, 0.4) is 0 Å². The Bertz CT molecular complexity index is 1550. The monoisotopic (exact) mass is 470 g/mol. The number of benzene rings is 1. The van der Waals surface area contributed by atoms with Crippen LogP contribution in [0.25, 0.3) is 20.7 Å². The Morgan fingerprint density at radius 1 is 1.06 bits per heavy atom. The molecule has 0 bridgehead atoms. The molecule has 0 saturated carbocycles. The zero-order valence-corrected chi connectivity index (χ0v) is 18.6. The molecule has 6 rings (SSSR count). The molecular weight excluding hydrogens is 452 g/mol. The lowest BCUT2D eigenvalue weighted by molar-refractivity contribution is -0.134. The number of hydrogen-bond donors (Lipinski definition) is 0. The van der Waals surface area contributed by atoms with E-state index in [0.29, 0.717) is 33.9 Å². The molecule has 1 atom stereocenters. The predicted molar refractivity (Wildman–Crippen MR) is 127 cm³/mol. The number of carbonyl (C=O) groups excluding carboxylic acids is 1. The summed E-state index contributed by atoms with van der Waals surface area (Å²) in [4.78, 5) is 31.9. The van der Waals surface area contributed by atoms with Crippen molar-refractivity contribution in [1.29, 1.82) is 0 Å². The van der Waals surface area contributed by atoms with Crippen molar-refractivity contribution in [2.75, 3.05) is 0 Å². The van der Waals surface area contributed by atoms with E-state index in [9.17, 15) is 9.59 Å². The molecule has 0 saturated heterocycles. The summed E-state index contributed by atoms with van der Waals surface area (Å²) >= 11 is 1.37.